The molecule has 1 atom stereocenters. The van der Waals surface area contributed by atoms with Gasteiger partial charge in [0, 0.05) is 32.2 Å². The van der Waals surface area contributed by atoms with E-state index >= 15 is 0 Å². The molecule has 0 saturated carbocycles. The smallest absolute Gasteiger partial charge is 0.193 e. The molecule has 2 fully saturated rings. The predicted molar refractivity (Wildman–Crippen MR) is 111 cm³/mol. The van der Waals surface area contributed by atoms with Crippen LogP contribution in [-0.2, 0) is 0 Å². The van der Waals surface area contributed by atoms with E-state index in [2.05, 4.69) is 35.9 Å². The van der Waals surface area contributed by atoms with E-state index in [0.717, 1.165) is 37.6 Å². The molecule has 2 aliphatic rings. The minimum Gasteiger partial charge on any atom is -0.357 e. The van der Waals surface area contributed by atoms with Crippen molar-refractivity contribution in [2.24, 2.45) is 10.9 Å². The van der Waals surface area contributed by atoms with Crippen molar-refractivity contribution in [2.75, 3.05) is 39.3 Å². The minimum atomic E-state index is 0. The summed E-state index contributed by atoms with van der Waals surface area (Å²) < 4.78 is 0. The molecule has 2 heterocycles. The van der Waals surface area contributed by atoms with Gasteiger partial charge in [0.25, 0.3) is 0 Å². The maximum absolute atomic E-state index is 4.87. The normalized spacial score (nSPS) is 22.7. The highest BCUT2D eigenvalue weighted by atomic mass is 127. The van der Waals surface area contributed by atoms with E-state index in [1.807, 2.05) is 0 Å². The third-order valence-corrected chi connectivity index (χ3v) is 4.91. The lowest BCUT2D eigenvalue weighted by atomic mass is 10.1. The van der Waals surface area contributed by atoms with Gasteiger partial charge in [0.1, 0.15) is 0 Å². The molecule has 2 saturated heterocycles. The summed E-state index contributed by atoms with van der Waals surface area (Å²) in [5, 5.41) is 3.49. The molecular weight excluding hydrogens is 399 g/mol. The van der Waals surface area contributed by atoms with Crippen molar-refractivity contribution < 1.29 is 0 Å². The monoisotopic (exact) mass is 436 g/mol. The number of unbranched alkanes of at least 4 members (excludes halogenated alkanes) is 1. The first-order valence-corrected chi connectivity index (χ1v) is 9.48. The van der Waals surface area contributed by atoms with Crippen molar-refractivity contribution in [3.8, 4) is 0 Å². The Morgan fingerprint density at radius 2 is 1.91 bits per heavy atom. The predicted octanol–water partition coefficient (Wildman–Crippen LogP) is 3.57. The van der Waals surface area contributed by atoms with Crippen molar-refractivity contribution >= 4 is 29.9 Å². The fourth-order valence-corrected chi connectivity index (χ4v) is 3.61. The molecule has 4 nitrogen and oxygen atoms in total. The zero-order valence-electron chi connectivity index (χ0n) is 15.4. The average Bonchev–Trinajstić information content (AvgIpc) is 3.16. The first-order valence-electron chi connectivity index (χ1n) is 9.48. The van der Waals surface area contributed by atoms with Gasteiger partial charge in [-0.3, -0.25) is 9.89 Å². The van der Waals surface area contributed by atoms with Crippen LogP contribution < -0.4 is 5.32 Å². The van der Waals surface area contributed by atoms with Gasteiger partial charge in [-0.15, -0.1) is 24.0 Å². The summed E-state index contributed by atoms with van der Waals surface area (Å²) in [6.07, 6.45) is 7.93. The molecule has 1 N–H and O–H groups in total. The Bertz CT molecular complexity index is 340. The summed E-state index contributed by atoms with van der Waals surface area (Å²) in [4.78, 5) is 10.0. The molecule has 2 rings (SSSR count). The van der Waals surface area contributed by atoms with Crippen LogP contribution in [0.3, 0.4) is 0 Å². The molecule has 136 valence electrons. The Kier molecular flexibility index (Phi) is 10.5. The third kappa shape index (κ3) is 7.16. The number of rotatable bonds is 7. The Hall–Kier alpha value is -0.0400. The van der Waals surface area contributed by atoms with Gasteiger partial charge in [-0.1, -0.05) is 26.7 Å². The fraction of sp³-hybridized carbons (Fsp3) is 0.944. The molecule has 0 bridgehead atoms. The number of halogens is 1. The van der Waals surface area contributed by atoms with E-state index in [1.165, 1.54) is 58.2 Å². The Morgan fingerprint density at radius 1 is 1.17 bits per heavy atom. The van der Waals surface area contributed by atoms with Crippen LogP contribution in [0.25, 0.3) is 0 Å². The average molecular weight is 436 g/mol. The molecule has 0 aromatic heterocycles. The molecule has 1 unspecified atom stereocenters. The maximum atomic E-state index is 4.87. The molecule has 23 heavy (non-hydrogen) atoms. The van der Waals surface area contributed by atoms with E-state index in [9.17, 15) is 0 Å². The molecule has 0 aliphatic carbocycles. The summed E-state index contributed by atoms with van der Waals surface area (Å²) in [7, 11) is 0. The Morgan fingerprint density at radius 3 is 2.57 bits per heavy atom. The summed E-state index contributed by atoms with van der Waals surface area (Å²) in [6, 6.07) is 0.757. The van der Waals surface area contributed by atoms with Crippen molar-refractivity contribution in [3.05, 3.63) is 0 Å². The summed E-state index contributed by atoms with van der Waals surface area (Å²) in [6.45, 7) is 13.7. The Labute approximate surface area is 160 Å². The largest absolute Gasteiger partial charge is 0.357 e. The Balaban J connectivity index is 0.00000264. The van der Waals surface area contributed by atoms with Crippen LogP contribution in [0.1, 0.15) is 59.3 Å². The molecule has 0 amide bonds. The van der Waals surface area contributed by atoms with Crippen LogP contribution >= 0.6 is 24.0 Å². The van der Waals surface area contributed by atoms with Crippen LogP contribution in [0.15, 0.2) is 4.99 Å². The zero-order valence-corrected chi connectivity index (χ0v) is 17.7. The lowest BCUT2D eigenvalue weighted by Crippen LogP contribution is -2.42. The topological polar surface area (TPSA) is 30.9 Å². The second-order valence-corrected chi connectivity index (χ2v) is 7.26. The number of aliphatic imine (C=N–C) groups is 1. The van der Waals surface area contributed by atoms with Gasteiger partial charge in [-0.2, -0.15) is 0 Å². The zero-order chi connectivity index (χ0) is 15.8. The lowest BCUT2D eigenvalue weighted by Gasteiger charge is -2.25. The number of hydrogen-bond acceptors (Lipinski definition) is 2. The van der Waals surface area contributed by atoms with Crippen LogP contribution in [0.2, 0.25) is 0 Å². The van der Waals surface area contributed by atoms with Crippen molar-refractivity contribution in [2.45, 2.75) is 65.3 Å². The summed E-state index contributed by atoms with van der Waals surface area (Å²) >= 11 is 0. The van der Waals surface area contributed by atoms with Gasteiger partial charge in [-0.05, 0) is 51.6 Å². The molecule has 0 aromatic carbocycles. The summed E-state index contributed by atoms with van der Waals surface area (Å²) in [5.74, 6) is 1.96. The van der Waals surface area contributed by atoms with E-state index in [0.29, 0.717) is 0 Å². The molecule has 5 heteroatoms. The van der Waals surface area contributed by atoms with E-state index in [-0.39, 0.29) is 24.0 Å². The lowest BCUT2D eigenvalue weighted by molar-refractivity contribution is 0.249. The number of nitrogens with zero attached hydrogens (tertiary/aromatic N) is 3. The first kappa shape index (κ1) is 21.0. The van der Waals surface area contributed by atoms with Crippen molar-refractivity contribution in [3.63, 3.8) is 0 Å². The van der Waals surface area contributed by atoms with Crippen molar-refractivity contribution in [1.82, 2.24) is 15.1 Å². The van der Waals surface area contributed by atoms with Gasteiger partial charge in [0.2, 0.25) is 0 Å². The van der Waals surface area contributed by atoms with E-state index in [1.54, 1.807) is 0 Å². The van der Waals surface area contributed by atoms with Crippen LogP contribution in [0.5, 0.6) is 0 Å². The molecular formula is C18H37IN4. The molecule has 2 aliphatic heterocycles. The first-order chi connectivity index (χ1) is 10.7. The van der Waals surface area contributed by atoms with Crippen molar-refractivity contribution in [1.29, 1.82) is 0 Å². The second-order valence-electron chi connectivity index (χ2n) is 7.26. The molecule has 0 aromatic rings. The van der Waals surface area contributed by atoms with Gasteiger partial charge >= 0.3 is 0 Å². The number of nitrogens with one attached hydrogen (secondary N) is 1. The van der Waals surface area contributed by atoms with Crippen LogP contribution in [-0.4, -0.2) is 61.1 Å². The van der Waals surface area contributed by atoms with Gasteiger partial charge in [0.15, 0.2) is 5.96 Å². The number of guanidine groups is 1. The number of hydrogen-bond donors (Lipinski definition) is 1. The summed E-state index contributed by atoms with van der Waals surface area (Å²) in [5.41, 5.74) is 0. The third-order valence-electron chi connectivity index (χ3n) is 4.91. The maximum Gasteiger partial charge on any atom is 0.193 e. The quantitative estimate of drug-likeness (QED) is 0.287. The highest BCUT2D eigenvalue weighted by Crippen LogP contribution is 2.20. The molecule has 0 radical (unpaired) electrons. The highest BCUT2D eigenvalue weighted by molar-refractivity contribution is 14.0. The minimum absolute atomic E-state index is 0. The fourth-order valence-electron chi connectivity index (χ4n) is 3.61. The van der Waals surface area contributed by atoms with Gasteiger partial charge in [-0.25, -0.2) is 0 Å². The van der Waals surface area contributed by atoms with E-state index in [4.69, 9.17) is 4.99 Å². The highest BCUT2D eigenvalue weighted by Gasteiger charge is 2.30. The van der Waals surface area contributed by atoms with Gasteiger partial charge in [0.05, 0.1) is 0 Å². The molecule has 0 spiro atoms. The van der Waals surface area contributed by atoms with E-state index < -0.39 is 0 Å². The van der Waals surface area contributed by atoms with Crippen LogP contribution in [0, 0.1) is 5.92 Å². The number of likely N-dealkylation sites (tertiary alicyclic amines) is 2. The second kappa shape index (κ2) is 11.5. The standard InChI is InChI=1S/C18H36N4.HI/c1-4-19-18(20-11-6-5-9-16(2)3)22-14-10-17(15-22)21-12-7-8-13-21;/h16-17H,4-15H2,1-3H3,(H,19,20);1H. The van der Waals surface area contributed by atoms with Crippen LogP contribution in [0.4, 0.5) is 0 Å². The SMILES string of the molecule is CCNC(=NCCCCC(C)C)N1CCC(N2CCCC2)C1.I. The van der Waals surface area contributed by atoms with Gasteiger partial charge < -0.3 is 10.2 Å².